The standard InChI is InChI=1S/C21H24FN9O9P2S/c22-12-14-11(38-20(12)30-2-1-9-15(23)25-6-26-16(9)30)5-36-42(34,43)40-10-3-8(4-35-41(33)39-14)37-19(10)31-7-27-13-17(31)28-21(24)29-18(13)32/h1-2,6-8,10-12,14,19-20,41H,3-5H2,(H,34,43)(H2,23,25,26)(H3,24,28,29,32)/t8-,10+,11+,12-,14+,19+,20+,42?/m0/s1. The number of nitrogens with one attached hydrogen (secondary N) is 1. The largest absolute Gasteiger partial charge is 0.386 e. The zero-order chi connectivity index (χ0) is 30.0. The molecular formula is C21H24FN9O9P2S. The van der Waals surface area contributed by atoms with Crippen molar-refractivity contribution in [2.75, 3.05) is 24.7 Å². The topological polar surface area (TPSA) is 236 Å². The molecule has 4 aromatic rings. The van der Waals surface area contributed by atoms with Crippen LogP contribution in [-0.4, -0.2) is 77.9 Å². The predicted octanol–water partition coefficient (Wildman–Crippen LogP) is 1.50. The Balaban J connectivity index is 1.16. The molecule has 0 spiro atoms. The number of nitrogen functional groups attached to an aromatic ring is 2. The summed E-state index contributed by atoms with van der Waals surface area (Å²) >= 11 is 4.12. The van der Waals surface area contributed by atoms with Crippen molar-refractivity contribution in [1.82, 2.24) is 34.1 Å². The lowest BCUT2D eigenvalue weighted by Crippen LogP contribution is -2.33. The van der Waals surface area contributed by atoms with E-state index in [1.54, 1.807) is 6.07 Å². The summed E-state index contributed by atoms with van der Waals surface area (Å²) in [4.78, 5) is 30.9. The van der Waals surface area contributed by atoms with Crippen molar-refractivity contribution in [3.05, 3.63) is 35.3 Å². The van der Waals surface area contributed by atoms with E-state index in [1.807, 2.05) is 0 Å². The van der Waals surface area contributed by atoms with Crippen molar-refractivity contribution in [1.29, 1.82) is 0 Å². The highest BCUT2D eigenvalue weighted by Gasteiger charge is 2.50. The monoisotopic (exact) mass is 659 g/mol. The van der Waals surface area contributed by atoms with Crippen molar-refractivity contribution < 1.29 is 41.1 Å². The number of imidazole rings is 1. The predicted molar refractivity (Wildman–Crippen MR) is 149 cm³/mol. The molecule has 3 fully saturated rings. The molecule has 22 heteroatoms. The summed E-state index contributed by atoms with van der Waals surface area (Å²) in [5, 5.41) is 0.473. The lowest BCUT2D eigenvalue weighted by Gasteiger charge is -2.25. The highest BCUT2D eigenvalue weighted by atomic mass is 32.7. The molecule has 3 aliphatic rings. The molecule has 0 amide bonds. The third kappa shape index (κ3) is 5.26. The number of thiol groups is 1. The molecule has 0 aromatic carbocycles. The number of halogens is 1. The fourth-order valence-electron chi connectivity index (χ4n) is 5.36. The molecule has 3 aliphatic heterocycles. The first-order valence-electron chi connectivity index (χ1n) is 12.8. The molecule has 3 saturated heterocycles. The summed E-state index contributed by atoms with van der Waals surface area (Å²) in [6, 6.07) is 1.60. The van der Waals surface area contributed by atoms with E-state index in [1.165, 1.54) is 28.0 Å². The number of alkyl halides is 1. The van der Waals surface area contributed by atoms with E-state index >= 15 is 4.39 Å². The number of aromatic nitrogens is 7. The zero-order valence-corrected chi connectivity index (χ0v) is 24.5. The van der Waals surface area contributed by atoms with Gasteiger partial charge >= 0.3 is 15.1 Å². The number of anilines is 2. The molecule has 9 atom stereocenters. The van der Waals surface area contributed by atoms with Crippen molar-refractivity contribution in [3.8, 4) is 0 Å². The third-order valence-electron chi connectivity index (χ3n) is 7.24. The second-order valence-electron chi connectivity index (χ2n) is 9.94. The molecule has 2 bridgehead atoms. The van der Waals surface area contributed by atoms with Gasteiger partial charge in [0.25, 0.3) is 5.56 Å². The first kappa shape index (κ1) is 28.8. The molecule has 7 heterocycles. The first-order chi connectivity index (χ1) is 20.6. The van der Waals surface area contributed by atoms with E-state index < -0.39 is 70.3 Å². The Bertz CT molecular complexity index is 1840. The van der Waals surface area contributed by atoms with Crippen LogP contribution in [0.4, 0.5) is 16.2 Å². The first-order valence-corrected chi connectivity index (χ1v) is 16.7. The van der Waals surface area contributed by atoms with Crippen LogP contribution >= 0.6 is 27.3 Å². The molecule has 5 N–H and O–H groups in total. The maximum atomic E-state index is 15.9. The summed E-state index contributed by atoms with van der Waals surface area (Å²) < 4.78 is 79.2. The van der Waals surface area contributed by atoms with Gasteiger partial charge in [0.1, 0.15) is 36.1 Å². The van der Waals surface area contributed by atoms with Gasteiger partial charge in [-0.1, -0.05) is 12.2 Å². The van der Waals surface area contributed by atoms with Crippen LogP contribution in [0.3, 0.4) is 0 Å². The number of ether oxygens (including phenoxy) is 2. The van der Waals surface area contributed by atoms with Crippen molar-refractivity contribution in [2.45, 2.75) is 49.5 Å². The van der Waals surface area contributed by atoms with Crippen LogP contribution in [0.15, 0.2) is 29.7 Å². The van der Waals surface area contributed by atoms with E-state index in [2.05, 4.69) is 37.2 Å². The fourth-order valence-corrected chi connectivity index (χ4v) is 7.74. The van der Waals surface area contributed by atoms with Gasteiger partial charge in [-0.2, -0.15) is 4.98 Å². The Morgan fingerprint density at radius 1 is 1.12 bits per heavy atom. The minimum absolute atomic E-state index is 0.0150. The maximum absolute atomic E-state index is 15.9. The molecule has 0 aliphatic carbocycles. The molecule has 2 unspecified atom stereocenters. The van der Waals surface area contributed by atoms with Gasteiger partial charge in [-0.25, -0.2) is 23.9 Å². The SMILES string of the molecule is Nc1nc2c(ncn2[C@@H]2O[C@@H]3CO[PH](=O)O[C@H]4[C@H](F)[C@H](n5ccc6c(N)ncnc65)O[C@@H]4COP(=O)(S)O[C@@H]2C3)c(=O)[nH]1. The normalized spacial score (nSPS) is 35.4. The highest BCUT2D eigenvalue weighted by molar-refractivity contribution is 8.44. The Hall–Kier alpha value is -2.93. The summed E-state index contributed by atoms with van der Waals surface area (Å²) in [5.41, 5.74) is 11.4. The van der Waals surface area contributed by atoms with Crippen LogP contribution in [-0.2, 0) is 36.7 Å². The van der Waals surface area contributed by atoms with Gasteiger partial charge in [0.15, 0.2) is 29.8 Å². The van der Waals surface area contributed by atoms with Crippen LogP contribution in [0, 0.1) is 0 Å². The van der Waals surface area contributed by atoms with E-state index in [-0.39, 0.29) is 36.0 Å². The lowest BCUT2D eigenvalue weighted by atomic mass is 10.1. The Kier molecular flexibility index (Phi) is 7.31. The summed E-state index contributed by atoms with van der Waals surface area (Å²) in [6.45, 7) is -4.95. The average Bonchev–Trinajstić information content (AvgIpc) is 3.72. The number of hydrogen-bond acceptors (Lipinski definition) is 15. The molecule has 230 valence electrons. The van der Waals surface area contributed by atoms with Crippen LogP contribution in [0.1, 0.15) is 18.9 Å². The van der Waals surface area contributed by atoms with E-state index in [0.717, 1.165) is 0 Å². The number of H-pyrrole nitrogens is 1. The molecule has 43 heavy (non-hydrogen) atoms. The number of fused-ring (bicyclic) bond motifs is 5. The third-order valence-corrected chi connectivity index (χ3v) is 9.75. The highest BCUT2D eigenvalue weighted by Crippen LogP contribution is 2.57. The molecule has 4 aromatic heterocycles. The Morgan fingerprint density at radius 3 is 2.79 bits per heavy atom. The van der Waals surface area contributed by atoms with Gasteiger partial charge < -0.3 is 34.6 Å². The van der Waals surface area contributed by atoms with Crippen molar-refractivity contribution in [3.63, 3.8) is 0 Å². The fraction of sp³-hybridized carbons (Fsp3) is 0.476. The summed E-state index contributed by atoms with van der Waals surface area (Å²) in [7, 11) is -3.31. The van der Waals surface area contributed by atoms with Crippen molar-refractivity contribution >= 4 is 61.3 Å². The average molecular weight is 659 g/mol. The van der Waals surface area contributed by atoms with Crippen LogP contribution in [0.5, 0.6) is 0 Å². The van der Waals surface area contributed by atoms with E-state index in [9.17, 15) is 13.9 Å². The van der Waals surface area contributed by atoms with Gasteiger partial charge in [0.2, 0.25) is 5.95 Å². The van der Waals surface area contributed by atoms with E-state index in [4.69, 9.17) is 39.0 Å². The number of nitrogens with two attached hydrogens (primary N) is 2. The molecule has 18 nitrogen and oxygen atoms in total. The molecular weight excluding hydrogens is 635 g/mol. The number of aromatic amines is 1. The summed E-state index contributed by atoms with van der Waals surface area (Å²) in [6.07, 6.45) is -4.50. The molecule has 0 radical (unpaired) electrons. The van der Waals surface area contributed by atoms with E-state index in [0.29, 0.717) is 11.0 Å². The zero-order valence-electron chi connectivity index (χ0n) is 21.8. The van der Waals surface area contributed by atoms with Crippen LogP contribution < -0.4 is 17.0 Å². The Labute approximate surface area is 245 Å². The number of hydrogen-bond donors (Lipinski definition) is 4. The van der Waals surface area contributed by atoms with Crippen LogP contribution in [0.2, 0.25) is 0 Å². The number of nitrogens with zero attached hydrogens (tertiary/aromatic N) is 6. The Morgan fingerprint density at radius 2 is 1.95 bits per heavy atom. The smallest absolute Gasteiger partial charge is 0.383 e. The second-order valence-corrected chi connectivity index (χ2v) is 13.8. The van der Waals surface area contributed by atoms with Gasteiger partial charge in [0, 0.05) is 12.6 Å². The molecule has 0 saturated carbocycles. The quantitative estimate of drug-likeness (QED) is 0.176. The van der Waals surface area contributed by atoms with Crippen molar-refractivity contribution in [2.24, 2.45) is 0 Å². The molecule has 7 rings (SSSR count). The van der Waals surface area contributed by atoms with Gasteiger partial charge in [-0.3, -0.25) is 28.0 Å². The minimum Gasteiger partial charge on any atom is -0.383 e. The minimum atomic E-state index is -4.17. The number of rotatable bonds is 2. The van der Waals surface area contributed by atoms with Gasteiger partial charge in [-0.05, 0) is 6.07 Å². The lowest BCUT2D eigenvalue weighted by molar-refractivity contribution is -0.0556. The maximum Gasteiger partial charge on any atom is 0.386 e. The van der Waals surface area contributed by atoms with Crippen LogP contribution in [0.25, 0.3) is 22.2 Å². The van der Waals surface area contributed by atoms with Gasteiger partial charge in [-0.15, -0.1) is 0 Å². The second kappa shape index (κ2) is 10.9. The van der Waals surface area contributed by atoms with Gasteiger partial charge in [0.05, 0.1) is 31.0 Å². The summed E-state index contributed by atoms with van der Waals surface area (Å²) in [5.74, 6) is 0.0332.